The van der Waals surface area contributed by atoms with Crippen LogP contribution in [0.1, 0.15) is 39.7 Å². The van der Waals surface area contributed by atoms with Crippen LogP contribution in [-0.4, -0.2) is 31.4 Å². The molecule has 1 unspecified atom stereocenters. The topological polar surface area (TPSA) is 96.5 Å². The summed E-state index contributed by atoms with van der Waals surface area (Å²) in [4.78, 5) is 25.0. The van der Waals surface area contributed by atoms with Gasteiger partial charge in [0.1, 0.15) is 18.1 Å². The molecule has 1 atom stereocenters. The van der Waals surface area contributed by atoms with Gasteiger partial charge in [0, 0.05) is 12.0 Å². The molecule has 0 saturated heterocycles. The molecular formula is C23H19N5O3. The Morgan fingerprint density at radius 3 is 2.52 bits per heavy atom. The molecule has 1 amide bonds. The fraction of sp³-hybridized carbons (Fsp3) is 0.130. The van der Waals surface area contributed by atoms with E-state index in [1.54, 1.807) is 12.3 Å². The molecule has 4 aromatic rings. The van der Waals surface area contributed by atoms with Crippen molar-refractivity contribution < 1.29 is 9.21 Å². The maximum Gasteiger partial charge on any atom is 0.347 e. The number of benzene rings is 2. The summed E-state index contributed by atoms with van der Waals surface area (Å²) in [7, 11) is 0. The minimum absolute atomic E-state index is 0.182. The average molecular weight is 413 g/mol. The third kappa shape index (κ3) is 3.48. The van der Waals surface area contributed by atoms with Gasteiger partial charge in [-0.25, -0.2) is 19.5 Å². The van der Waals surface area contributed by atoms with Crippen LogP contribution >= 0.6 is 0 Å². The zero-order valence-corrected chi connectivity index (χ0v) is 16.7. The number of furan rings is 1. The van der Waals surface area contributed by atoms with E-state index in [-0.39, 0.29) is 17.6 Å². The van der Waals surface area contributed by atoms with Crippen molar-refractivity contribution in [1.82, 2.24) is 19.8 Å². The number of H-pyrrole nitrogens is 1. The summed E-state index contributed by atoms with van der Waals surface area (Å²) in [6.45, 7) is 1.98. The standard InChI is InChI=1S/C23H19N5O3/c1-15-4-6-17(7-5-15)22(29)28-20(21-3-2-12-31-21)13-19(26-28)16-8-10-18(11-9-16)27-14-24-25-23(27)30/h2-12,14,20H,13H2,1H3,(H,25,30). The van der Waals surface area contributed by atoms with Gasteiger partial charge in [-0.2, -0.15) is 10.2 Å². The Labute approximate surface area is 177 Å². The van der Waals surface area contributed by atoms with Gasteiger partial charge in [0.05, 0.1) is 17.7 Å². The molecule has 0 aliphatic carbocycles. The van der Waals surface area contributed by atoms with E-state index in [1.165, 1.54) is 15.9 Å². The van der Waals surface area contributed by atoms with Crippen LogP contribution in [-0.2, 0) is 0 Å². The summed E-state index contributed by atoms with van der Waals surface area (Å²) in [6.07, 6.45) is 3.55. The second-order valence-electron chi connectivity index (χ2n) is 7.38. The molecule has 0 spiro atoms. The largest absolute Gasteiger partial charge is 0.467 e. The van der Waals surface area contributed by atoms with Gasteiger partial charge < -0.3 is 4.42 Å². The van der Waals surface area contributed by atoms with E-state index in [2.05, 4.69) is 15.3 Å². The first-order valence-electron chi connectivity index (χ1n) is 9.84. The average Bonchev–Trinajstić information content (AvgIpc) is 3.54. The molecule has 0 radical (unpaired) electrons. The Kier molecular flexibility index (Phi) is 4.59. The van der Waals surface area contributed by atoms with Crippen molar-refractivity contribution in [3.8, 4) is 5.69 Å². The Morgan fingerprint density at radius 2 is 1.87 bits per heavy atom. The SMILES string of the molecule is Cc1ccc(C(=O)N2N=C(c3ccc(-n4cn[nH]c4=O)cc3)CC2c2ccco2)cc1. The highest BCUT2D eigenvalue weighted by atomic mass is 16.3. The predicted octanol–water partition coefficient (Wildman–Crippen LogP) is 3.45. The predicted molar refractivity (Wildman–Crippen MR) is 114 cm³/mol. The molecule has 5 rings (SSSR count). The first-order chi connectivity index (χ1) is 15.1. The van der Waals surface area contributed by atoms with E-state index in [0.717, 1.165) is 16.8 Å². The third-order valence-corrected chi connectivity index (χ3v) is 5.32. The van der Waals surface area contributed by atoms with Crippen LogP contribution in [0.5, 0.6) is 0 Å². The Balaban J connectivity index is 1.48. The minimum atomic E-state index is -0.324. The molecule has 3 heterocycles. The highest BCUT2D eigenvalue weighted by molar-refractivity contribution is 6.05. The molecule has 0 bridgehead atoms. The summed E-state index contributed by atoms with van der Waals surface area (Å²) in [5.74, 6) is 0.499. The van der Waals surface area contributed by atoms with E-state index < -0.39 is 0 Å². The molecule has 0 fully saturated rings. The van der Waals surface area contributed by atoms with Crippen molar-refractivity contribution >= 4 is 11.6 Å². The molecule has 2 aromatic heterocycles. The number of carbonyl (C=O) groups is 1. The monoisotopic (exact) mass is 413 g/mol. The quantitative estimate of drug-likeness (QED) is 0.554. The van der Waals surface area contributed by atoms with Crippen molar-refractivity contribution in [2.75, 3.05) is 0 Å². The van der Waals surface area contributed by atoms with Crippen molar-refractivity contribution in [1.29, 1.82) is 0 Å². The summed E-state index contributed by atoms with van der Waals surface area (Å²) in [5, 5.41) is 12.3. The molecule has 1 aliphatic heterocycles. The zero-order valence-electron chi connectivity index (χ0n) is 16.7. The van der Waals surface area contributed by atoms with Gasteiger partial charge in [0.25, 0.3) is 5.91 Å². The number of amides is 1. The number of hydrogen-bond acceptors (Lipinski definition) is 5. The number of hydrazone groups is 1. The van der Waals surface area contributed by atoms with Gasteiger partial charge >= 0.3 is 5.69 Å². The molecule has 8 nitrogen and oxygen atoms in total. The fourth-order valence-electron chi connectivity index (χ4n) is 3.65. The molecular weight excluding hydrogens is 394 g/mol. The maximum atomic E-state index is 13.2. The second-order valence-corrected chi connectivity index (χ2v) is 7.38. The molecule has 8 heteroatoms. The molecule has 31 heavy (non-hydrogen) atoms. The van der Waals surface area contributed by atoms with Crippen LogP contribution < -0.4 is 5.69 Å². The molecule has 2 aromatic carbocycles. The van der Waals surface area contributed by atoms with E-state index >= 15 is 0 Å². The first-order valence-corrected chi connectivity index (χ1v) is 9.84. The maximum absolute atomic E-state index is 13.2. The summed E-state index contributed by atoms with van der Waals surface area (Å²) in [6, 6.07) is 18.2. The lowest BCUT2D eigenvalue weighted by Crippen LogP contribution is -2.26. The Morgan fingerprint density at radius 1 is 1.10 bits per heavy atom. The number of nitrogens with zero attached hydrogens (tertiary/aromatic N) is 4. The normalized spacial score (nSPS) is 15.8. The van der Waals surface area contributed by atoms with Gasteiger partial charge in [-0.1, -0.05) is 29.8 Å². The molecule has 1 N–H and O–H groups in total. The summed E-state index contributed by atoms with van der Waals surface area (Å²) >= 11 is 0. The number of hydrogen-bond donors (Lipinski definition) is 1. The smallest absolute Gasteiger partial charge is 0.347 e. The Hall–Kier alpha value is -4.20. The Bertz CT molecular complexity index is 1300. The van der Waals surface area contributed by atoms with Gasteiger partial charge in [-0.05, 0) is 48.9 Å². The van der Waals surface area contributed by atoms with Gasteiger partial charge in [0.2, 0.25) is 0 Å². The number of carbonyl (C=O) groups excluding carboxylic acids is 1. The van der Waals surface area contributed by atoms with Crippen LogP contribution in [0, 0.1) is 6.92 Å². The first kappa shape index (κ1) is 18.8. The van der Waals surface area contributed by atoms with Crippen LogP contribution in [0.4, 0.5) is 0 Å². The molecule has 0 saturated carbocycles. The summed E-state index contributed by atoms with van der Waals surface area (Å²) in [5.41, 5.74) is 3.68. The van der Waals surface area contributed by atoms with Crippen LogP contribution in [0.15, 0.2) is 87.6 Å². The van der Waals surface area contributed by atoms with Gasteiger partial charge in [-0.3, -0.25) is 4.79 Å². The lowest BCUT2D eigenvalue weighted by Gasteiger charge is -2.20. The van der Waals surface area contributed by atoms with Crippen LogP contribution in [0.2, 0.25) is 0 Å². The van der Waals surface area contributed by atoms with Crippen LogP contribution in [0.25, 0.3) is 5.69 Å². The number of aromatic amines is 1. The van der Waals surface area contributed by atoms with Crippen molar-refractivity contribution in [3.05, 3.63) is 106 Å². The lowest BCUT2D eigenvalue weighted by molar-refractivity contribution is 0.0693. The summed E-state index contributed by atoms with van der Waals surface area (Å²) < 4.78 is 7.02. The second kappa shape index (κ2) is 7.56. The number of aryl methyl sites for hydroxylation is 1. The van der Waals surface area contributed by atoms with Crippen LogP contribution in [0.3, 0.4) is 0 Å². The van der Waals surface area contributed by atoms with E-state index in [4.69, 9.17) is 4.42 Å². The van der Waals surface area contributed by atoms with Crippen molar-refractivity contribution in [3.63, 3.8) is 0 Å². The minimum Gasteiger partial charge on any atom is -0.467 e. The van der Waals surface area contributed by atoms with E-state index in [9.17, 15) is 9.59 Å². The number of nitrogens with one attached hydrogen (secondary N) is 1. The third-order valence-electron chi connectivity index (χ3n) is 5.32. The van der Waals surface area contributed by atoms with Crippen molar-refractivity contribution in [2.45, 2.75) is 19.4 Å². The van der Waals surface area contributed by atoms with Gasteiger partial charge in [0.15, 0.2) is 0 Å². The van der Waals surface area contributed by atoms with Crippen molar-refractivity contribution in [2.24, 2.45) is 5.10 Å². The lowest BCUT2D eigenvalue weighted by atomic mass is 10.0. The number of rotatable bonds is 4. The number of aromatic nitrogens is 3. The van der Waals surface area contributed by atoms with E-state index in [0.29, 0.717) is 23.4 Å². The fourth-order valence-corrected chi connectivity index (χ4v) is 3.65. The highest BCUT2D eigenvalue weighted by Gasteiger charge is 2.35. The molecule has 1 aliphatic rings. The molecule has 154 valence electrons. The zero-order chi connectivity index (χ0) is 21.4. The van der Waals surface area contributed by atoms with E-state index in [1.807, 2.05) is 61.5 Å². The van der Waals surface area contributed by atoms with Gasteiger partial charge in [-0.15, -0.1) is 0 Å². The highest BCUT2D eigenvalue weighted by Crippen LogP contribution is 2.34.